The van der Waals surface area contributed by atoms with Crippen LogP contribution >= 0.6 is 23.2 Å². The number of carbonyl (C=O) groups is 1. The van der Waals surface area contributed by atoms with Gasteiger partial charge in [-0.2, -0.15) is 0 Å². The summed E-state index contributed by atoms with van der Waals surface area (Å²) >= 11 is 12.0. The van der Waals surface area contributed by atoms with Crippen LogP contribution in [-0.4, -0.2) is 12.3 Å². The largest absolute Gasteiger partial charge is 0.382 e. The molecule has 0 heterocycles. The van der Waals surface area contributed by atoms with Crippen LogP contribution in [0.5, 0.6) is 0 Å². The third-order valence-electron chi connectivity index (χ3n) is 3.15. The molecule has 0 aromatic heterocycles. The van der Waals surface area contributed by atoms with Crippen molar-refractivity contribution in [3.8, 4) is 0 Å². The van der Waals surface area contributed by atoms with Crippen molar-refractivity contribution in [2.45, 2.75) is 6.92 Å². The molecule has 0 aliphatic heterocycles. The van der Waals surface area contributed by atoms with E-state index in [0.29, 0.717) is 27.8 Å². The van der Waals surface area contributed by atoms with Crippen molar-refractivity contribution < 1.29 is 4.79 Å². The SMILES string of the molecule is CCNc1ccccc(C(=O)/C=C\c2cccc(Cl)c2Cl)c1=O. The summed E-state index contributed by atoms with van der Waals surface area (Å²) in [7, 11) is 0. The molecule has 23 heavy (non-hydrogen) atoms. The highest BCUT2D eigenvalue weighted by Gasteiger charge is 2.09. The van der Waals surface area contributed by atoms with Crippen molar-refractivity contribution in [1.82, 2.24) is 0 Å². The van der Waals surface area contributed by atoms with E-state index in [-0.39, 0.29) is 16.8 Å². The van der Waals surface area contributed by atoms with Crippen LogP contribution in [0, 0.1) is 0 Å². The molecule has 0 saturated carbocycles. The summed E-state index contributed by atoms with van der Waals surface area (Å²) in [6, 6.07) is 11.7. The summed E-state index contributed by atoms with van der Waals surface area (Å²) in [5, 5.41) is 3.73. The standard InChI is InChI=1S/C18H15Cl2NO2/c1-2-21-15-9-4-3-7-13(18(15)23)16(22)11-10-12-6-5-8-14(19)17(12)20/h3-11H,2H2,1H3,(H,21,23)/b11-10-. The molecular weight excluding hydrogens is 333 g/mol. The first-order valence-electron chi connectivity index (χ1n) is 7.08. The zero-order chi connectivity index (χ0) is 16.8. The first kappa shape index (κ1) is 17.3. The Hall–Kier alpha value is -2.10. The molecule has 0 spiro atoms. The average Bonchev–Trinajstić information content (AvgIpc) is 2.71. The topological polar surface area (TPSA) is 46.2 Å². The normalized spacial score (nSPS) is 10.7. The van der Waals surface area contributed by atoms with Gasteiger partial charge in [-0.3, -0.25) is 9.59 Å². The fourth-order valence-electron chi connectivity index (χ4n) is 2.03. The van der Waals surface area contributed by atoms with E-state index in [1.165, 1.54) is 12.1 Å². The van der Waals surface area contributed by atoms with Crippen LogP contribution in [0.3, 0.4) is 0 Å². The van der Waals surface area contributed by atoms with Gasteiger partial charge in [0, 0.05) is 6.54 Å². The van der Waals surface area contributed by atoms with Gasteiger partial charge in [0.25, 0.3) is 0 Å². The van der Waals surface area contributed by atoms with Crippen molar-refractivity contribution in [3.05, 3.63) is 79.9 Å². The second-order valence-electron chi connectivity index (χ2n) is 4.75. The van der Waals surface area contributed by atoms with Crippen molar-refractivity contribution in [3.63, 3.8) is 0 Å². The third-order valence-corrected chi connectivity index (χ3v) is 3.99. The highest BCUT2D eigenvalue weighted by atomic mass is 35.5. The molecule has 5 heteroatoms. The lowest BCUT2D eigenvalue weighted by atomic mass is 10.1. The molecule has 2 aromatic rings. The summed E-state index contributed by atoms with van der Waals surface area (Å²) in [5.74, 6) is -0.388. The van der Waals surface area contributed by atoms with Gasteiger partial charge in [-0.15, -0.1) is 0 Å². The van der Waals surface area contributed by atoms with E-state index in [0.717, 1.165) is 0 Å². The fraction of sp³-hybridized carbons (Fsp3) is 0.111. The van der Waals surface area contributed by atoms with E-state index in [2.05, 4.69) is 5.32 Å². The number of benzene rings is 1. The van der Waals surface area contributed by atoms with Crippen LogP contribution in [0.25, 0.3) is 6.08 Å². The summed E-state index contributed by atoms with van der Waals surface area (Å²) in [4.78, 5) is 24.7. The highest BCUT2D eigenvalue weighted by molar-refractivity contribution is 6.42. The Morgan fingerprint density at radius 1 is 1.13 bits per heavy atom. The zero-order valence-electron chi connectivity index (χ0n) is 12.5. The van der Waals surface area contributed by atoms with Gasteiger partial charge in [-0.05, 0) is 42.8 Å². The van der Waals surface area contributed by atoms with Crippen LogP contribution in [0.2, 0.25) is 10.0 Å². The monoisotopic (exact) mass is 347 g/mol. The minimum atomic E-state index is -0.388. The maximum Gasteiger partial charge on any atom is 0.212 e. The van der Waals surface area contributed by atoms with Gasteiger partial charge in [-0.25, -0.2) is 0 Å². The molecular formula is C18H15Cl2NO2. The first-order valence-corrected chi connectivity index (χ1v) is 7.83. The van der Waals surface area contributed by atoms with Crippen molar-refractivity contribution >= 4 is 40.7 Å². The lowest BCUT2D eigenvalue weighted by Gasteiger charge is -2.00. The van der Waals surface area contributed by atoms with Gasteiger partial charge in [0.1, 0.15) is 0 Å². The second-order valence-corrected chi connectivity index (χ2v) is 5.53. The minimum Gasteiger partial charge on any atom is -0.382 e. The number of anilines is 1. The Balaban J connectivity index is 2.37. The van der Waals surface area contributed by atoms with Crippen LogP contribution in [-0.2, 0) is 0 Å². The Labute approximate surface area is 144 Å². The molecule has 0 aliphatic carbocycles. The van der Waals surface area contributed by atoms with Gasteiger partial charge in [-0.1, -0.05) is 47.5 Å². The van der Waals surface area contributed by atoms with Gasteiger partial charge in [0.2, 0.25) is 5.43 Å². The Bertz CT molecular complexity index is 816. The number of hydrogen-bond acceptors (Lipinski definition) is 3. The first-order chi connectivity index (χ1) is 11.0. The lowest BCUT2D eigenvalue weighted by Crippen LogP contribution is -2.15. The predicted molar refractivity (Wildman–Crippen MR) is 96.7 cm³/mol. The quantitative estimate of drug-likeness (QED) is 0.630. The Morgan fingerprint density at radius 2 is 1.87 bits per heavy atom. The van der Waals surface area contributed by atoms with Crippen LogP contribution < -0.4 is 10.7 Å². The minimum absolute atomic E-state index is 0.0975. The molecule has 3 nitrogen and oxygen atoms in total. The number of carbonyl (C=O) groups excluding carboxylic acids is 1. The van der Waals surface area contributed by atoms with E-state index in [1.807, 2.05) is 6.92 Å². The Morgan fingerprint density at radius 3 is 2.61 bits per heavy atom. The van der Waals surface area contributed by atoms with Crippen LogP contribution in [0.1, 0.15) is 22.8 Å². The number of halogens is 2. The average molecular weight is 348 g/mol. The summed E-state index contributed by atoms with van der Waals surface area (Å²) in [5.41, 5.74) is 0.784. The molecule has 0 unspecified atom stereocenters. The van der Waals surface area contributed by atoms with Crippen molar-refractivity contribution in [2.24, 2.45) is 0 Å². The van der Waals surface area contributed by atoms with Gasteiger partial charge in [0.05, 0.1) is 21.3 Å². The van der Waals surface area contributed by atoms with E-state index in [1.54, 1.807) is 42.5 Å². The second kappa shape index (κ2) is 7.95. The predicted octanol–water partition coefficient (Wildman–Crippen LogP) is 4.68. The number of allylic oxidation sites excluding steroid dienone is 1. The van der Waals surface area contributed by atoms with Crippen molar-refractivity contribution in [1.29, 1.82) is 0 Å². The molecule has 0 amide bonds. The van der Waals surface area contributed by atoms with Gasteiger partial charge >= 0.3 is 0 Å². The molecule has 2 aromatic carbocycles. The highest BCUT2D eigenvalue weighted by Crippen LogP contribution is 2.26. The molecule has 1 N–H and O–H groups in total. The van der Waals surface area contributed by atoms with Crippen LogP contribution in [0.4, 0.5) is 5.69 Å². The van der Waals surface area contributed by atoms with Crippen molar-refractivity contribution in [2.75, 3.05) is 11.9 Å². The van der Waals surface area contributed by atoms with E-state index < -0.39 is 0 Å². The lowest BCUT2D eigenvalue weighted by molar-refractivity contribution is 0.104. The molecule has 0 atom stereocenters. The molecule has 0 fully saturated rings. The summed E-state index contributed by atoms with van der Waals surface area (Å²) in [6.07, 6.45) is 2.87. The maximum absolute atomic E-state index is 12.4. The molecule has 0 aliphatic rings. The number of ketones is 1. The molecule has 0 bridgehead atoms. The number of nitrogens with one attached hydrogen (secondary N) is 1. The fourth-order valence-corrected chi connectivity index (χ4v) is 2.40. The molecule has 118 valence electrons. The smallest absolute Gasteiger partial charge is 0.212 e. The summed E-state index contributed by atoms with van der Waals surface area (Å²) in [6.45, 7) is 2.48. The third kappa shape index (κ3) is 4.21. The maximum atomic E-state index is 12.4. The summed E-state index contributed by atoms with van der Waals surface area (Å²) < 4.78 is 0. The van der Waals surface area contributed by atoms with E-state index in [4.69, 9.17) is 23.2 Å². The number of rotatable bonds is 5. The molecule has 0 radical (unpaired) electrons. The van der Waals surface area contributed by atoms with Gasteiger partial charge < -0.3 is 5.32 Å². The van der Waals surface area contributed by atoms with Gasteiger partial charge in [0.15, 0.2) is 5.78 Å². The molecule has 0 saturated heterocycles. The van der Waals surface area contributed by atoms with E-state index >= 15 is 0 Å². The molecule has 2 rings (SSSR count). The zero-order valence-corrected chi connectivity index (χ0v) is 14.0. The van der Waals surface area contributed by atoms with Crippen LogP contribution in [0.15, 0.2) is 53.3 Å². The number of hydrogen-bond donors (Lipinski definition) is 1. The Kier molecular flexibility index (Phi) is 5.97. The van der Waals surface area contributed by atoms with E-state index in [9.17, 15) is 9.59 Å².